The summed E-state index contributed by atoms with van der Waals surface area (Å²) in [4.78, 5) is 23.5. The predicted molar refractivity (Wildman–Crippen MR) is 73.5 cm³/mol. The molecule has 0 unspecified atom stereocenters. The van der Waals surface area contributed by atoms with Crippen LogP contribution in [0.2, 0.25) is 0 Å². The summed E-state index contributed by atoms with van der Waals surface area (Å²) in [6.45, 7) is 0.228. The van der Waals surface area contributed by atoms with Gasteiger partial charge in [-0.1, -0.05) is 17.3 Å². The van der Waals surface area contributed by atoms with Crippen LogP contribution in [0.5, 0.6) is 0 Å². The first-order chi connectivity index (χ1) is 10.3. The third-order valence-corrected chi connectivity index (χ3v) is 3.42. The van der Waals surface area contributed by atoms with Crippen molar-refractivity contribution in [2.45, 2.75) is 25.3 Å². The topological polar surface area (TPSA) is 96.7 Å². The van der Waals surface area contributed by atoms with Gasteiger partial charge >= 0.3 is 0 Å². The highest BCUT2D eigenvalue weighted by Crippen LogP contribution is 2.38. The van der Waals surface area contributed by atoms with Gasteiger partial charge in [-0.15, -0.1) is 0 Å². The number of amides is 1. The Bertz CT molecular complexity index is 769. The number of benzene rings is 1. The van der Waals surface area contributed by atoms with Crippen LogP contribution in [-0.2, 0) is 6.54 Å². The van der Waals surface area contributed by atoms with Gasteiger partial charge in [0.1, 0.15) is 0 Å². The molecule has 1 aliphatic rings. The van der Waals surface area contributed by atoms with E-state index in [-0.39, 0.29) is 18.3 Å². The first kappa shape index (κ1) is 12.1. The summed E-state index contributed by atoms with van der Waals surface area (Å²) >= 11 is 0. The largest absolute Gasteiger partial charge is 0.342 e. The van der Waals surface area contributed by atoms with E-state index in [1.165, 1.54) is 0 Å². The van der Waals surface area contributed by atoms with E-state index in [9.17, 15) is 4.79 Å². The molecule has 0 atom stereocenters. The zero-order valence-electron chi connectivity index (χ0n) is 11.2. The number of H-pyrrole nitrogens is 1. The van der Waals surface area contributed by atoms with Gasteiger partial charge in [0.05, 0.1) is 17.6 Å². The zero-order chi connectivity index (χ0) is 14.2. The molecule has 0 bridgehead atoms. The number of imidazole rings is 1. The van der Waals surface area contributed by atoms with Gasteiger partial charge in [0.2, 0.25) is 5.89 Å². The van der Waals surface area contributed by atoms with E-state index in [2.05, 4.69) is 25.4 Å². The molecule has 7 heteroatoms. The summed E-state index contributed by atoms with van der Waals surface area (Å²) < 4.78 is 5.14. The Labute approximate surface area is 119 Å². The molecular weight excluding hydrogens is 270 g/mol. The summed E-state index contributed by atoms with van der Waals surface area (Å²) in [6.07, 6.45) is 2.21. The normalized spacial score (nSPS) is 14.5. The van der Waals surface area contributed by atoms with Crippen molar-refractivity contribution in [1.29, 1.82) is 0 Å². The molecule has 21 heavy (non-hydrogen) atoms. The Kier molecular flexibility index (Phi) is 2.70. The van der Waals surface area contributed by atoms with Crippen molar-refractivity contribution in [3.63, 3.8) is 0 Å². The highest BCUT2D eigenvalue weighted by Gasteiger charge is 2.29. The Morgan fingerprint density at radius 1 is 1.33 bits per heavy atom. The minimum atomic E-state index is -0.288. The molecule has 4 rings (SSSR count). The average molecular weight is 283 g/mol. The van der Waals surface area contributed by atoms with E-state index < -0.39 is 0 Å². The number of carbonyl (C=O) groups is 1. The number of nitrogens with one attached hydrogen (secondary N) is 2. The fourth-order valence-corrected chi connectivity index (χ4v) is 2.14. The molecule has 0 aliphatic heterocycles. The lowest BCUT2D eigenvalue weighted by Gasteiger charge is -1.97. The second-order valence-electron chi connectivity index (χ2n) is 5.11. The molecular formula is C14H13N5O2. The van der Waals surface area contributed by atoms with E-state index in [4.69, 9.17) is 4.52 Å². The molecule has 0 spiro atoms. The summed E-state index contributed by atoms with van der Waals surface area (Å²) in [6, 6.07) is 7.49. The number of aromatic amines is 1. The van der Waals surface area contributed by atoms with Gasteiger partial charge in [-0.25, -0.2) is 4.98 Å². The minimum absolute atomic E-state index is 0.228. The maximum Gasteiger partial charge on any atom is 0.287 e. The number of rotatable bonds is 4. The van der Waals surface area contributed by atoms with Crippen LogP contribution in [0.3, 0.4) is 0 Å². The Morgan fingerprint density at radius 3 is 3.00 bits per heavy atom. The maximum atomic E-state index is 12.0. The average Bonchev–Trinajstić information content (AvgIpc) is 3.09. The number of para-hydroxylation sites is 2. The van der Waals surface area contributed by atoms with Gasteiger partial charge in [0, 0.05) is 5.92 Å². The quantitative estimate of drug-likeness (QED) is 0.760. The van der Waals surface area contributed by atoms with E-state index in [1.807, 2.05) is 24.3 Å². The van der Waals surface area contributed by atoms with Crippen LogP contribution in [0.15, 0.2) is 28.8 Å². The molecule has 1 fully saturated rings. The summed E-state index contributed by atoms with van der Waals surface area (Å²) in [5.41, 5.74) is 1.59. The molecule has 1 aliphatic carbocycles. The van der Waals surface area contributed by atoms with Crippen molar-refractivity contribution in [1.82, 2.24) is 25.4 Å². The highest BCUT2D eigenvalue weighted by molar-refractivity contribution is 5.94. The third-order valence-electron chi connectivity index (χ3n) is 3.42. The summed E-state index contributed by atoms with van der Waals surface area (Å²) in [5.74, 6) is 1.56. The fraction of sp³-hybridized carbons (Fsp3) is 0.286. The van der Waals surface area contributed by atoms with Crippen LogP contribution >= 0.6 is 0 Å². The standard InChI is InChI=1S/C14H13N5O2/c20-13(12-16-9-3-1-2-4-10(9)17-12)15-7-11-18-14(21-19-11)8-5-6-8/h1-4,8H,5-7H2,(H,15,20)(H,16,17). The lowest BCUT2D eigenvalue weighted by Crippen LogP contribution is -2.24. The van der Waals surface area contributed by atoms with Gasteiger partial charge < -0.3 is 14.8 Å². The second-order valence-corrected chi connectivity index (χ2v) is 5.11. The van der Waals surface area contributed by atoms with Crippen LogP contribution in [-0.4, -0.2) is 26.0 Å². The second kappa shape index (κ2) is 4.69. The lowest BCUT2D eigenvalue weighted by molar-refractivity contribution is 0.0940. The monoisotopic (exact) mass is 283 g/mol. The number of aromatic nitrogens is 4. The molecule has 1 saturated carbocycles. The number of carbonyl (C=O) groups excluding carboxylic acids is 1. The molecule has 106 valence electrons. The van der Waals surface area contributed by atoms with Crippen molar-refractivity contribution in [2.24, 2.45) is 0 Å². The molecule has 1 aromatic carbocycles. The fourth-order valence-electron chi connectivity index (χ4n) is 2.14. The molecule has 7 nitrogen and oxygen atoms in total. The number of hydrogen-bond acceptors (Lipinski definition) is 5. The van der Waals surface area contributed by atoms with E-state index in [0.717, 1.165) is 23.9 Å². The third kappa shape index (κ3) is 2.37. The summed E-state index contributed by atoms with van der Waals surface area (Å²) in [7, 11) is 0. The van der Waals surface area contributed by atoms with Crippen LogP contribution in [0.4, 0.5) is 0 Å². The Balaban J connectivity index is 1.44. The SMILES string of the molecule is O=C(NCc1noc(C2CC2)n1)c1nc2ccccc2[nH]1. The number of nitrogens with zero attached hydrogens (tertiary/aromatic N) is 3. The zero-order valence-corrected chi connectivity index (χ0v) is 11.2. The molecule has 2 aromatic heterocycles. The lowest BCUT2D eigenvalue weighted by atomic mass is 10.3. The first-order valence-corrected chi connectivity index (χ1v) is 6.85. The molecule has 2 N–H and O–H groups in total. The van der Waals surface area contributed by atoms with Crippen molar-refractivity contribution in [2.75, 3.05) is 0 Å². The van der Waals surface area contributed by atoms with Gasteiger partial charge in [0.25, 0.3) is 5.91 Å². The van der Waals surface area contributed by atoms with Crippen LogP contribution in [0.1, 0.15) is 41.1 Å². The molecule has 0 saturated heterocycles. The highest BCUT2D eigenvalue weighted by atomic mass is 16.5. The van der Waals surface area contributed by atoms with Gasteiger partial charge in [-0.3, -0.25) is 4.79 Å². The van der Waals surface area contributed by atoms with Crippen LogP contribution in [0, 0.1) is 0 Å². The number of fused-ring (bicyclic) bond motifs is 1. The van der Waals surface area contributed by atoms with Gasteiger partial charge in [-0.2, -0.15) is 4.98 Å². The Hall–Kier alpha value is -2.70. The van der Waals surface area contributed by atoms with E-state index >= 15 is 0 Å². The summed E-state index contributed by atoms with van der Waals surface area (Å²) in [5, 5.41) is 6.59. The van der Waals surface area contributed by atoms with Crippen molar-refractivity contribution in [3.8, 4) is 0 Å². The Morgan fingerprint density at radius 2 is 2.19 bits per heavy atom. The van der Waals surface area contributed by atoms with Gasteiger partial charge in [-0.05, 0) is 25.0 Å². The van der Waals surface area contributed by atoms with Crippen molar-refractivity contribution < 1.29 is 9.32 Å². The van der Waals surface area contributed by atoms with Crippen LogP contribution < -0.4 is 5.32 Å². The molecule has 3 aromatic rings. The molecule has 1 amide bonds. The van der Waals surface area contributed by atoms with Crippen molar-refractivity contribution >= 4 is 16.9 Å². The van der Waals surface area contributed by atoms with E-state index in [1.54, 1.807) is 0 Å². The smallest absolute Gasteiger partial charge is 0.287 e. The van der Waals surface area contributed by atoms with E-state index in [0.29, 0.717) is 17.6 Å². The molecule has 0 radical (unpaired) electrons. The van der Waals surface area contributed by atoms with Crippen molar-refractivity contribution in [3.05, 3.63) is 41.8 Å². The van der Waals surface area contributed by atoms with Gasteiger partial charge in [0.15, 0.2) is 11.6 Å². The number of hydrogen-bond donors (Lipinski definition) is 2. The minimum Gasteiger partial charge on any atom is -0.342 e. The molecule has 2 heterocycles. The predicted octanol–water partition coefficient (Wildman–Crippen LogP) is 1.75. The maximum absolute atomic E-state index is 12.0. The van der Waals surface area contributed by atoms with Crippen LogP contribution in [0.25, 0.3) is 11.0 Å². The first-order valence-electron chi connectivity index (χ1n) is 6.85.